The molecule has 0 spiro atoms. The van der Waals surface area contributed by atoms with Crippen LogP contribution < -0.4 is 20.5 Å². The minimum atomic E-state index is -0.198. The third kappa shape index (κ3) is 4.79. The Morgan fingerprint density at radius 1 is 1.16 bits per heavy atom. The molecule has 0 saturated heterocycles. The molecule has 134 valence electrons. The molecule has 0 radical (unpaired) electrons. The molecule has 2 aromatic rings. The lowest BCUT2D eigenvalue weighted by Crippen LogP contribution is -2.14. The predicted octanol–water partition coefficient (Wildman–Crippen LogP) is 4.27. The van der Waals surface area contributed by atoms with Crippen LogP contribution in [0.2, 0.25) is 0 Å². The van der Waals surface area contributed by atoms with Crippen LogP contribution in [-0.2, 0) is 0 Å². The number of rotatable bonds is 5. The molecule has 1 aliphatic carbocycles. The molecule has 1 amide bonds. The van der Waals surface area contributed by atoms with Crippen molar-refractivity contribution in [3.05, 3.63) is 48.0 Å². The Bertz CT molecular complexity index is 730. The van der Waals surface area contributed by atoms with Crippen LogP contribution in [0.1, 0.15) is 36.0 Å². The lowest BCUT2D eigenvalue weighted by atomic mass is 10.2. The highest BCUT2D eigenvalue weighted by Gasteiger charge is 2.17. The van der Waals surface area contributed by atoms with Crippen LogP contribution in [0.25, 0.3) is 0 Å². The van der Waals surface area contributed by atoms with Gasteiger partial charge in [-0.25, -0.2) is 0 Å². The summed E-state index contributed by atoms with van der Waals surface area (Å²) in [6, 6.07) is 12.4. The van der Waals surface area contributed by atoms with Crippen LogP contribution >= 0.6 is 12.4 Å². The van der Waals surface area contributed by atoms with Gasteiger partial charge in [0.2, 0.25) is 0 Å². The molecule has 1 fully saturated rings. The molecule has 0 aromatic heterocycles. The van der Waals surface area contributed by atoms with E-state index in [1.165, 1.54) is 12.8 Å². The van der Waals surface area contributed by atoms with E-state index < -0.39 is 0 Å². The van der Waals surface area contributed by atoms with Crippen LogP contribution in [0.15, 0.2) is 42.5 Å². The van der Waals surface area contributed by atoms with Gasteiger partial charge in [0.15, 0.2) is 0 Å². The second kappa shape index (κ2) is 8.62. The summed E-state index contributed by atoms with van der Waals surface area (Å²) in [5.41, 5.74) is 7.53. The molecule has 5 nitrogen and oxygen atoms in total. The van der Waals surface area contributed by atoms with Crippen LogP contribution in [0.5, 0.6) is 11.5 Å². The van der Waals surface area contributed by atoms with Crippen molar-refractivity contribution >= 4 is 29.7 Å². The van der Waals surface area contributed by atoms with E-state index in [0.29, 0.717) is 22.7 Å². The van der Waals surface area contributed by atoms with E-state index in [4.69, 9.17) is 15.2 Å². The maximum Gasteiger partial charge on any atom is 0.255 e. The van der Waals surface area contributed by atoms with E-state index in [2.05, 4.69) is 5.32 Å². The zero-order chi connectivity index (χ0) is 16.9. The van der Waals surface area contributed by atoms with Crippen molar-refractivity contribution in [2.75, 3.05) is 18.2 Å². The third-order valence-electron chi connectivity index (χ3n) is 4.19. The molecular weight excluding hydrogens is 340 g/mol. The van der Waals surface area contributed by atoms with E-state index in [1.807, 2.05) is 12.1 Å². The number of anilines is 2. The largest absolute Gasteiger partial charge is 0.495 e. The predicted molar refractivity (Wildman–Crippen MR) is 102 cm³/mol. The second-order valence-corrected chi connectivity index (χ2v) is 5.96. The molecule has 0 bridgehead atoms. The zero-order valence-corrected chi connectivity index (χ0v) is 15.0. The van der Waals surface area contributed by atoms with Crippen molar-refractivity contribution in [3.8, 4) is 11.5 Å². The summed E-state index contributed by atoms with van der Waals surface area (Å²) in [6.07, 6.45) is 4.86. The van der Waals surface area contributed by atoms with Gasteiger partial charge in [-0.3, -0.25) is 4.79 Å². The summed E-state index contributed by atoms with van der Waals surface area (Å²) in [5.74, 6) is 1.13. The van der Waals surface area contributed by atoms with Crippen molar-refractivity contribution in [2.24, 2.45) is 0 Å². The number of amides is 1. The SMILES string of the molecule is COc1ccc(NC(=O)c2cccc(OC3CCCC3)c2)cc1N.Cl. The fraction of sp³-hybridized carbons (Fsp3) is 0.316. The lowest BCUT2D eigenvalue weighted by molar-refractivity contribution is 0.102. The smallest absolute Gasteiger partial charge is 0.255 e. The topological polar surface area (TPSA) is 73.6 Å². The quantitative estimate of drug-likeness (QED) is 0.779. The number of benzene rings is 2. The Kier molecular flexibility index (Phi) is 6.53. The zero-order valence-electron chi connectivity index (χ0n) is 14.2. The fourth-order valence-corrected chi connectivity index (χ4v) is 2.92. The average molecular weight is 363 g/mol. The molecule has 25 heavy (non-hydrogen) atoms. The molecule has 0 aliphatic heterocycles. The third-order valence-corrected chi connectivity index (χ3v) is 4.19. The molecule has 0 unspecified atom stereocenters. The fourth-order valence-electron chi connectivity index (χ4n) is 2.92. The van der Waals surface area contributed by atoms with Crippen LogP contribution in [0, 0.1) is 0 Å². The van der Waals surface area contributed by atoms with Gasteiger partial charge in [0, 0.05) is 11.3 Å². The summed E-state index contributed by atoms with van der Waals surface area (Å²) in [5, 5.41) is 2.84. The summed E-state index contributed by atoms with van der Waals surface area (Å²) >= 11 is 0. The Labute approximate surface area is 153 Å². The highest BCUT2D eigenvalue weighted by atomic mass is 35.5. The minimum absolute atomic E-state index is 0. The minimum Gasteiger partial charge on any atom is -0.495 e. The second-order valence-electron chi connectivity index (χ2n) is 5.96. The number of hydrogen-bond acceptors (Lipinski definition) is 4. The molecule has 2 aromatic carbocycles. The number of ether oxygens (including phenoxy) is 2. The van der Waals surface area contributed by atoms with E-state index in [0.717, 1.165) is 18.6 Å². The van der Waals surface area contributed by atoms with Crippen LogP contribution in [0.3, 0.4) is 0 Å². The van der Waals surface area contributed by atoms with E-state index >= 15 is 0 Å². The first kappa shape index (κ1) is 18.9. The summed E-state index contributed by atoms with van der Waals surface area (Å²) in [6.45, 7) is 0. The number of carbonyl (C=O) groups excluding carboxylic acids is 1. The van der Waals surface area contributed by atoms with Crippen molar-refractivity contribution in [3.63, 3.8) is 0 Å². The molecule has 3 N–H and O–H groups in total. The summed E-state index contributed by atoms with van der Waals surface area (Å²) < 4.78 is 11.1. The molecule has 6 heteroatoms. The maximum absolute atomic E-state index is 12.4. The number of nitrogens with two attached hydrogens (primary N) is 1. The molecule has 0 heterocycles. The van der Waals surface area contributed by atoms with E-state index in [-0.39, 0.29) is 24.4 Å². The lowest BCUT2D eigenvalue weighted by Gasteiger charge is -2.14. The van der Waals surface area contributed by atoms with Gasteiger partial charge in [-0.15, -0.1) is 12.4 Å². The number of halogens is 1. The van der Waals surface area contributed by atoms with Crippen molar-refractivity contribution in [1.29, 1.82) is 0 Å². The Hall–Kier alpha value is -2.40. The van der Waals surface area contributed by atoms with Crippen molar-refractivity contribution in [1.82, 2.24) is 0 Å². The Balaban J connectivity index is 0.00000225. The molecule has 0 atom stereocenters. The van der Waals surface area contributed by atoms with Gasteiger partial charge in [-0.2, -0.15) is 0 Å². The van der Waals surface area contributed by atoms with Gasteiger partial charge in [-0.1, -0.05) is 6.07 Å². The number of carbonyl (C=O) groups is 1. The number of methoxy groups -OCH3 is 1. The molecule has 1 saturated carbocycles. The van der Waals surface area contributed by atoms with Gasteiger partial charge in [-0.05, 0) is 62.1 Å². The molecule has 3 rings (SSSR count). The Morgan fingerprint density at radius 3 is 2.60 bits per heavy atom. The average Bonchev–Trinajstić information content (AvgIpc) is 3.08. The van der Waals surface area contributed by atoms with Gasteiger partial charge in [0.1, 0.15) is 11.5 Å². The summed E-state index contributed by atoms with van der Waals surface area (Å²) in [4.78, 5) is 12.4. The highest BCUT2D eigenvalue weighted by molar-refractivity contribution is 6.04. The summed E-state index contributed by atoms with van der Waals surface area (Å²) in [7, 11) is 1.56. The first-order valence-electron chi connectivity index (χ1n) is 8.17. The van der Waals surface area contributed by atoms with Crippen molar-refractivity contribution < 1.29 is 14.3 Å². The van der Waals surface area contributed by atoms with E-state index in [9.17, 15) is 4.79 Å². The standard InChI is InChI=1S/C19H22N2O3.ClH/c1-23-18-10-9-14(12-17(18)20)21-19(22)13-5-4-8-16(11-13)24-15-6-2-3-7-15;/h4-5,8-12,15H,2-3,6-7,20H2,1H3,(H,21,22);1H. The highest BCUT2D eigenvalue weighted by Crippen LogP contribution is 2.26. The first-order valence-corrected chi connectivity index (χ1v) is 8.17. The Morgan fingerprint density at radius 2 is 1.92 bits per heavy atom. The number of hydrogen-bond donors (Lipinski definition) is 2. The number of nitrogen functional groups attached to an aromatic ring is 1. The number of nitrogens with one attached hydrogen (secondary N) is 1. The monoisotopic (exact) mass is 362 g/mol. The van der Waals surface area contributed by atoms with Crippen LogP contribution in [0.4, 0.5) is 11.4 Å². The van der Waals surface area contributed by atoms with Crippen LogP contribution in [-0.4, -0.2) is 19.1 Å². The van der Waals surface area contributed by atoms with Gasteiger partial charge in [0.05, 0.1) is 18.9 Å². The molecule has 1 aliphatic rings. The van der Waals surface area contributed by atoms with Crippen molar-refractivity contribution in [2.45, 2.75) is 31.8 Å². The van der Waals surface area contributed by atoms with E-state index in [1.54, 1.807) is 37.4 Å². The maximum atomic E-state index is 12.4. The first-order chi connectivity index (χ1) is 11.7. The van der Waals surface area contributed by atoms with Gasteiger partial charge < -0.3 is 20.5 Å². The normalized spacial score (nSPS) is 13.8. The molecular formula is C19H23ClN2O3. The van der Waals surface area contributed by atoms with Gasteiger partial charge >= 0.3 is 0 Å². The van der Waals surface area contributed by atoms with Gasteiger partial charge in [0.25, 0.3) is 5.91 Å².